The van der Waals surface area contributed by atoms with Crippen LogP contribution in [0.2, 0.25) is 5.02 Å². The maximum atomic E-state index is 14.4. The van der Waals surface area contributed by atoms with Crippen LogP contribution in [0.3, 0.4) is 0 Å². The number of carboxylic acid groups (broad SMARTS) is 1. The van der Waals surface area contributed by atoms with E-state index in [4.69, 9.17) is 16.3 Å². The van der Waals surface area contributed by atoms with Crippen LogP contribution >= 0.6 is 11.6 Å². The van der Waals surface area contributed by atoms with E-state index in [1.807, 2.05) is 41.3 Å². The van der Waals surface area contributed by atoms with E-state index in [-0.39, 0.29) is 18.0 Å². The Morgan fingerprint density at radius 3 is 2.22 bits per heavy atom. The molecule has 0 bridgehead atoms. The standard InChI is InChI=1S/C37H32ClFN2O4/c38-31-14-6-9-17-35(31)41(25-28-12-4-7-15-32(28)39)22-23-45-29-20-18-26(19-21-29)24-34(37(43)44)40-33-16-8-5-13-30(33)36(42)27-10-2-1-3-11-27/h1-21,34,40H,22-25H2,(H,43,44)/t34-/m0/s1. The Bertz CT molecular complexity index is 1750. The molecule has 0 saturated carbocycles. The minimum atomic E-state index is -1.04. The second-order valence-corrected chi connectivity index (χ2v) is 10.8. The third kappa shape index (κ3) is 8.28. The van der Waals surface area contributed by atoms with Crippen molar-refractivity contribution in [1.82, 2.24) is 0 Å². The third-order valence-electron chi connectivity index (χ3n) is 7.34. The maximum absolute atomic E-state index is 14.4. The number of aliphatic carboxylic acids is 1. The number of nitrogens with zero attached hydrogens (tertiary/aromatic N) is 1. The highest BCUT2D eigenvalue weighted by Crippen LogP contribution is 2.27. The molecule has 0 unspecified atom stereocenters. The van der Waals surface area contributed by atoms with Gasteiger partial charge in [0.05, 0.1) is 17.3 Å². The lowest BCUT2D eigenvalue weighted by Crippen LogP contribution is -2.32. The van der Waals surface area contributed by atoms with E-state index in [1.165, 1.54) is 6.07 Å². The van der Waals surface area contributed by atoms with Crippen LogP contribution in [0, 0.1) is 5.82 Å². The fourth-order valence-electron chi connectivity index (χ4n) is 5.00. The van der Waals surface area contributed by atoms with Crippen molar-refractivity contribution in [1.29, 1.82) is 0 Å². The number of anilines is 2. The highest BCUT2D eigenvalue weighted by Gasteiger charge is 2.21. The summed E-state index contributed by atoms with van der Waals surface area (Å²) in [5, 5.41) is 13.6. The fourth-order valence-corrected chi connectivity index (χ4v) is 5.25. The van der Waals surface area contributed by atoms with Crippen LogP contribution in [-0.2, 0) is 17.8 Å². The molecule has 0 aromatic heterocycles. The summed E-state index contributed by atoms with van der Waals surface area (Å²) in [5.74, 6) is -0.896. The number of ketones is 1. The van der Waals surface area contributed by atoms with Crippen LogP contribution in [0.15, 0.2) is 127 Å². The number of carbonyl (C=O) groups excluding carboxylic acids is 1. The number of para-hydroxylation sites is 2. The number of ether oxygens (including phenoxy) is 1. The van der Waals surface area contributed by atoms with Crippen LogP contribution in [0.4, 0.5) is 15.8 Å². The number of carboxylic acids is 1. The number of hydrogen-bond acceptors (Lipinski definition) is 5. The second kappa shape index (κ2) is 15.0. The largest absolute Gasteiger partial charge is 0.492 e. The van der Waals surface area contributed by atoms with Crippen molar-refractivity contribution in [3.8, 4) is 5.75 Å². The summed E-state index contributed by atoms with van der Waals surface area (Å²) in [6.07, 6.45) is 0.187. The molecule has 0 radical (unpaired) electrons. The molecule has 5 aromatic rings. The minimum absolute atomic E-state index is 0.187. The molecule has 0 heterocycles. The van der Waals surface area contributed by atoms with Crippen molar-refractivity contribution in [2.75, 3.05) is 23.4 Å². The van der Waals surface area contributed by atoms with Crippen LogP contribution in [0.5, 0.6) is 5.75 Å². The molecule has 0 amide bonds. The molecular weight excluding hydrogens is 591 g/mol. The zero-order valence-electron chi connectivity index (χ0n) is 24.4. The molecule has 0 fully saturated rings. The first kappa shape index (κ1) is 31.3. The van der Waals surface area contributed by atoms with Gasteiger partial charge < -0.3 is 20.1 Å². The second-order valence-electron chi connectivity index (χ2n) is 10.4. The zero-order valence-corrected chi connectivity index (χ0v) is 25.2. The zero-order chi connectivity index (χ0) is 31.6. The molecule has 6 nitrogen and oxygen atoms in total. The van der Waals surface area contributed by atoms with Gasteiger partial charge >= 0.3 is 5.97 Å². The average molecular weight is 623 g/mol. The molecule has 2 N–H and O–H groups in total. The number of hydrogen-bond donors (Lipinski definition) is 2. The third-order valence-corrected chi connectivity index (χ3v) is 7.66. The smallest absolute Gasteiger partial charge is 0.326 e. The molecule has 0 aliphatic heterocycles. The van der Waals surface area contributed by atoms with Crippen LogP contribution in [0.1, 0.15) is 27.0 Å². The molecule has 228 valence electrons. The number of halogens is 2. The van der Waals surface area contributed by atoms with E-state index in [9.17, 15) is 19.1 Å². The van der Waals surface area contributed by atoms with Crippen molar-refractivity contribution in [2.45, 2.75) is 19.0 Å². The van der Waals surface area contributed by atoms with Gasteiger partial charge in [0.2, 0.25) is 0 Å². The van der Waals surface area contributed by atoms with Gasteiger partial charge in [-0.25, -0.2) is 9.18 Å². The van der Waals surface area contributed by atoms with Gasteiger partial charge in [-0.15, -0.1) is 0 Å². The van der Waals surface area contributed by atoms with Crippen LogP contribution < -0.4 is 15.0 Å². The van der Waals surface area contributed by atoms with Gasteiger partial charge in [0, 0.05) is 35.3 Å². The molecule has 0 saturated heterocycles. The molecule has 0 spiro atoms. The van der Waals surface area contributed by atoms with E-state index in [1.54, 1.807) is 84.9 Å². The summed E-state index contributed by atoms with van der Waals surface area (Å²) in [5.41, 5.74) is 3.50. The van der Waals surface area contributed by atoms with Crippen LogP contribution in [0.25, 0.3) is 0 Å². The number of rotatable bonds is 14. The van der Waals surface area contributed by atoms with Crippen molar-refractivity contribution < 1.29 is 23.8 Å². The lowest BCUT2D eigenvalue weighted by Gasteiger charge is -2.26. The van der Waals surface area contributed by atoms with E-state index >= 15 is 0 Å². The predicted octanol–water partition coefficient (Wildman–Crippen LogP) is 7.90. The van der Waals surface area contributed by atoms with Gasteiger partial charge in [0.15, 0.2) is 5.78 Å². The van der Waals surface area contributed by atoms with Crippen molar-refractivity contribution in [3.05, 3.63) is 160 Å². The van der Waals surface area contributed by atoms with Crippen molar-refractivity contribution in [3.63, 3.8) is 0 Å². The maximum Gasteiger partial charge on any atom is 0.326 e. The molecule has 0 aliphatic rings. The van der Waals surface area contributed by atoms with Gasteiger partial charge in [0.25, 0.3) is 0 Å². The number of benzene rings is 5. The van der Waals surface area contributed by atoms with Gasteiger partial charge in [-0.05, 0) is 48.0 Å². The molecule has 45 heavy (non-hydrogen) atoms. The first-order valence-corrected chi connectivity index (χ1v) is 14.9. The number of nitrogens with one attached hydrogen (secondary N) is 1. The summed E-state index contributed by atoms with van der Waals surface area (Å²) in [6, 6.07) is 36.1. The SMILES string of the molecule is O=C(c1ccccc1)c1ccccc1N[C@@H](Cc1ccc(OCCN(Cc2ccccc2F)c2ccccc2Cl)cc1)C(=O)O. The van der Waals surface area contributed by atoms with E-state index in [0.717, 1.165) is 11.3 Å². The van der Waals surface area contributed by atoms with E-state index in [2.05, 4.69) is 5.32 Å². The average Bonchev–Trinajstić information content (AvgIpc) is 3.06. The lowest BCUT2D eigenvalue weighted by atomic mass is 10.00. The van der Waals surface area contributed by atoms with Crippen molar-refractivity contribution in [2.24, 2.45) is 0 Å². The van der Waals surface area contributed by atoms with Gasteiger partial charge in [-0.3, -0.25) is 4.79 Å². The molecular formula is C37H32ClFN2O4. The van der Waals surface area contributed by atoms with E-state index in [0.29, 0.717) is 52.8 Å². The predicted molar refractivity (Wildman–Crippen MR) is 176 cm³/mol. The Kier molecular flexibility index (Phi) is 10.5. The van der Waals surface area contributed by atoms with Crippen molar-refractivity contribution >= 4 is 34.7 Å². The Labute approximate surface area is 266 Å². The highest BCUT2D eigenvalue weighted by molar-refractivity contribution is 6.33. The Morgan fingerprint density at radius 2 is 1.49 bits per heavy atom. The summed E-state index contributed by atoms with van der Waals surface area (Å²) in [7, 11) is 0. The first-order chi connectivity index (χ1) is 21.9. The molecule has 5 rings (SSSR count). The molecule has 1 atom stereocenters. The quantitative estimate of drug-likeness (QED) is 0.123. The summed E-state index contributed by atoms with van der Waals surface area (Å²) < 4.78 is 20.4. The highest BCUT2D eigenvalue weighted by atomic mass is 35.5. The summed E-state index contributed by atoms with van der Waals surface area (Å²) in [6.45, 7) is 1.08. The number of carbonyl (C=O) groups is 2. The van der Waals surface area contributed by atoms with Gasteiger partial charge in [0.1, 0.15) is 24.2 Å². The monoisotopic (exact) mass is 622 g/mol. The summed E-state index contributed by atoms with van der Waals surface area (Å²) >= 11 is 6.47. The summed E-state index contributed by atoms with van der Waals surface area (Å²) in [4.78, 5) is 27.3. The topological polar surface area (TPSA) is 78.9 Å². The normalized spacial score (nSPS) is 11.4. The van der Waals surface area contributed by atoms with Gasteiger partial charge in [-0.2, -0.15) is 0 Å². The molecule has 8 heteroatoms. The van der Waals surface area contributed by atoms with E-state index < -0.39 is 12.0 Å². The first-order valence-electron chi connectivity index (χ1n) is 14.5. The van der Waals surface area contributed by atoms with Gasteiger partial charge in [-0.1, -0.05) is 96.5 Å². The lowest BCUT2D eigenvalue weighted by molar-refractivity contribution is -0.137. The fraction of sp³-hybridized carbons (Fsp3) is 0.135. The molecule has 0 aliphatic carbocycles. The Morgan fingerprint density at radius 1 is 0.822 bits per heavy atom. The Balaban J connectivity index is 1.22. The Hall–Kier alpha value is -5.14. The molecule has 5 aromatic carbocycles. The van der Waals surface area contributed by atoms with Crippen LogP contribution in [-0.4, -0.2) is 36.1 Å². The minimum Gasteiger partial charge on any atom is -0.492 e.